The van der Waals surface area contributed by atoms with Gasteiger partial charge in [-0.2, -0.15) is 24.9 Å². The average molecular weight is 248 g/mol. The third kappa shape index (κ3) is 2.81. The molecule has 1 aromatic rings. The van der Waals surface area contributed by atoms with Crippen molar-refractivity contribution in [3.8, 4) is 0 Å². The van der Waals surface area contributed by atoms with Crippen molar-refractivity contribution >= 4 is 17.6 Å². The molecule has 1 atom stereocenters. The summed E-state index contributed by atoms with van der Waals surface area (Å²) in [6, 6.07) is 2.76. The molecule has 2 rings (SSSR count). The van der Waals surface area contributed by atoms with Crippen LogP contribution in [0.25, 0.3) is 0 Å². The highest BCUT2D eigenvalue weighted by Gasteiger charge is 2.30. The average Bonchev–Trinajstić information content (AvgIpc) is 2.70. The van der Waals surface area contributed by atoms with E-state index in [-0.39, 0.29) is 0 Å². The highest BCUT2D eigenvalue weighted by Crippen LogP contribution is 2.29. The van der Waals surface area contributed by atoms with Crippen LogP contribution in [0.1, 0.15) is 12.0 Å². The molecule has 0 aliphatic carbocycles. The fourth-order valence-corrected chi connectivity index (χ4v) is 2.66. The summed E-state index contributed by atoms with van der Waals surface area (Å²) in [5.74, 6) is 2.60. The number of hydrogen-bond donors (Lipinski definition) is 1. The molecule has 1 aliphatic heterocycles. The fraction of sp³-hybridized carbons (Fsp3) is 0.500. The van der Waals surface area contributed by atoms with Crippen molar-refractivity contribution in [1.82, 2.24) is 4.98 Å². The van der Waals surface area contributed by atoms with E-state index in [9.17, 15) is 13.2 Å². The molecule has 2 heterocycles. The number of nitrogens with one attached hydrogen (secondary N) is 1. The van der Waals surface area contributed by atoms with E-state index in [4.69, 9.17) is 0 Å². The van der Waals surface area contributed by atoms with Crippen molar-refractivity contribution in [3.63, 3.8) is 0 Å². The maximum absolute atomic E-state index is 12.3. The van der Waals surface area contributed by atoms with E-state index >= 15 is 0 Å². The molecule has 1 fully saturated rings. The van der Waals surface area contributed by atoms with Gasteiger partial charge in [0.1, 0.15) is 5.82 Å². The van der Waals surface area contributed by atoms with Crippen molar-refractivity contribution in [1.29, 1.82) is 0 Å². The Morgan fingerprint density at radius 3 is 2.69 bits per heavy atom. The van der Waals surface area contributed by atoms with Gasteiger partial charge in [-0.1, -0.05) is 0 Å². The zero-order valence-electron chi connectivity index (χ0n) is 8.42. The highest BCUT2D eigenvalue weighted by atomic mass is 32.2. The molecule has 1 N–H and O–H groups in total. The van der Waals surface area contributed by atoms with Gasteiger partial charge in [-0.05, 0) is 24.3 Å². The first-order valence-corrected chi connectivity index (χ1v) is 6.09. The number of nitrogens with zero attached hydrogens (tertiary/aromatic N) is 1. The summed E-state index contributed by atoms with van der Waals surface area (Å²) >= 11 is 1.84. The predicted octanol–water partition coefficient (Wildman–Crippen LogP) is 3.02. The van der Waals surface area contributed by atoms with Gasteiger partial charge in [0.05, 0.1) is 5.56 Å². The molecular formula is C10H11F3N2S. The molecule has 1 saturated heterocycles. The zero-order chi connectivity index (χ0) is 11.6. The molecule has 0 bridgehead atoms. The van der Waals surface area contributed by atoms with E-state index in [1.807, 2.05) is 11.8 Å². The second kappa shape index (κ2) is 4.53. The summed E-state index contributed by atoms with van der Waals surface area (Å²) in [5.41, 5.74) is -0.709. The molecule has 2 nitrogen and oxygen atoms in total. The first kappa shape index (κ1) is 11.6. The summed E-state index contributed by atoms with van der Waals surface area (Å²) in [6.45, 7) is 0. The lowest BCUT2D eigenvalue weighted by Gasteiger charge is -2.12. The molecule has 0 aromatic carbocycles. The largest absolute Gasteiger partial charge is 0.417 e. The highest BCUT2D eigenvalue weighted by molar-refractivity contribution is 7.99. The molecule has 0 radical (unpaired) electrons. The van der Waals surface area contributed by atoms with E-state index in [1.54, 1.807) is 0 Å². The quantitative estimate of drug-likeness (QED) is 0.870. The molecule has 16 heavy (non-hydrogen) atoms. The number of anilines is 1. The Hall–Kier alpha value is -0.910. The van der Waals surface area contributed by atoms with Crippen LogP contribution in [0.2, 0.25) is 0 Å². The van der Waals surface area contributed by atoms with Crippen molar-refractivity contribution in [2.24, 2.45) is 0 Å². The van der Waals surface area contributed by atoms with Crippen molar-refractivity contribution in [2.75, 3.05) is 16.8 Å². The van der Waals surface area contributed by atoms with Gasteiger partial charge in [0.25, 0.3) is 0 Å². The van der Waals surface area contributed by atoms with Gasteiger partial charge >= 0.3 is 6.18 Å². The zero-order valence-corrected chi connectivity index (χ0v) is 9.24. The summed E-state index contributed by atoms with van der Waals surface area (Å²) < 4.78 is 36.8. The lowest BCUT2D eigenvalue weighted by molar-refractivity contribution is -0.137. The Bertz CT molecular complexity index is 344. The van der Waals surface area contributed by atoms with Crippen molar-refractivity contribution < 1.29 is 13.2 Å². The number of rotatable bonds is 2. The van der Waals surface area contributed by atoms with Gasteiger partial charge in [-0.15, -0.1) is 0 Å². The van der Waals surface area contributed by atoms with Gasteiger partial charge < -0.3 is 5.32 Å². The molecule has 0 saturated carbocycles. The van der Waals surface area contributed by atoms with Gasteiger partial charge in [0, 0.05) is 18.0 Å². The number of alkyl halides is 3. The number of aromatic nitrogens is 1. The Kier molecular flexibility index (Phi) is 3.28. The molecular weight excluding hydrogens is 237 g/mol. The minimum absolute atomic E-state index is 0.328. The molecule has 1 aliphatic rings. The smallest absolute Gasteiger partial charge is 0.366 e. The van der Waals surface area contributed by atoms with Crippen molar-refractivity contribution in [3.05, 3.63) is 23.9 Å². The van der Waals surface area contributed by atoms with Crippen LogP contribution in [0.5, 0.6) is 0 Å². The van der Waals surface area contributed by atoms with Crippen LogP contribution in [0.3, 0.4) is 0 Å². The van der Waals surface area contributed by atoms with Crippen LogP contribution in [0, 0.1) is 0 Å². The van der Waals surface area contributed by atoms with Crippen LogP contribution in [0.4, 0.5) is 19.0 Å². The first-order valence-electron chi connectivity index (χ1n) is 4.93. The second-order valence-electron chi connectivity index (χ2n) is 3.63. The van der Waals surface area contributed by atoms with Gasteiger partial charge in [-0.3, -0.25) is 0 Å². The molecule has 0 spiro atoms. The monoisotopic (exact) mass is 248 g/mol. The topological polar surface area (TPSA) is 24.9 Å². The lowest BCUT2D eigenvalue weighted by atomic mass is 10.2. The van der Waals surface area contributed by atoms with E-state index in [0.717, 1.165) is 30.2 Å². The van der Waals surface area contributed by atoms with E-state index in [0.29, 0.717) is 11.9 Å². The lowest BCUT2D eigenvalue weighted by Crippen LogP contribution is -2.19. The van der Waals surface area contributed by atoms with Crippen LogP contribution >= 0.6 is 11.8 Å². The van der Waals surface area contributed by atoms with Gasteiger partial charge in [0.15, 0.2) is 0 Å². The molecule has 0 amide bonds. The maximum Gasteiger partial charge on any atom is 0.417 e. The van der Waals surface area contributed by atoms with Gasteiger partial charge in [-0.25, -0.2) is 4.98 Å². The fourth-order valence-electron chi connectivity index (χ4n) is 1.50. The second-order valence-corrected chi connectivity index (χ2v) is 4.78. The maximum atomic E-state index is 12.3. The van der Waals surface area contributed by atoms with Crippen molar-refractivity contribution in [2.45, 2.75) is 18.6 Å². The third-order valence-corrected chi connectivity index (χ3v) is 3.53. The molecule has 6 heteroatoms. The molecule has 1 unspecified atom stereocenters. The van der Waals surface area contributed by atoms with E-state index < -0.39 is 11.7 Å². The standard InChI is InChI=1S/C10H11F3N2S/c11-10(12,13)7-1-2-9(14-5-7)15-8-3-4-16-6-8/h1-2,5,8H,3-4,6H2,(H,14,15). The van der Waals surface area contributed by atoms with E-state index in [2.05, 4.69) is 10.3 Å². The molecule has 88 valence electrons. The predicted molar refractivity (Wildman–Crippen MR) is 58.6 cm³/mol. The minimum atomic E-state index is -4.31. The number of hydrogen-bond acceptors (Lipinski definition) is 3. The summed E-state index contributed by atoms with van der Waals surface area (Å²) in [6.07, 6.45) is -2.41. The summed E-state index contributed by atoms with van der Waals surface area (Å²) in [4.78, 5) is 3.77. The SMILES string of the molecule is FC(F)(F)c1ccc(NC2CCSC2)nc1. The normalized spacial score (nSPS) is 21.1. The van der Waals surface area contributed by atoms with E-state index in [1.165, 1.54) is 6.07 Å². The Morgan fingerprint density at radius 1 is 1.38 bits per heavy atom. The Balaban J connectivity index is 2.01. The van der Waals surface area contributed by atoms with Crippen LogP contribution < -0.4 is 5.32 Å². The number of thioether (sulfide) groups is 1. The minimum Gasteiger partial charge on any atom is -0.366 e. The summed E-state index contributed by atoms with van der Waals surface area (Å²) in [7, 11) is 0. The Labute approximate surface area is 95.6 Å². The number of halogens is 3. The molecule has 1 aromatic heterocycles. The number of pyridine rings is 1. The third-order valence-electron chi connectivity index (χ3n) is 2.37. The Morgan fingerprint density at radius 2 is 2.19 bits per heavy atom. The van der Waals surface area contributed by atoms with Crippen LogP contribution in [-0.4, -0.2) is 22.5 Å². The van der Waals surface area contributed by atoms with Crippen LogP contribution in [-0.2, 0) is 6.18 Å². The van der Waals surface area contributed by atoms with Gasteiger partial charge in [0.2, 0.25) is 0 Å². The first-order chi connectivity index (χ1) is 7.55. The van der Waals surface area contributed by atoms with Crippen LogP contribution in [0.15, 0.2) is 18.3 Å². The summed E-state index contributed by atoms with van der Waals surface area (Å²) in [5, 5.41) is 3.12.